The van der Waals surface area contributed by atoms with Crippen molar-refractivity contribution in [2.24, 2.45) is 0 Å². The zero-order valence-electron chi connectivity index (χ0n) is 12.8. The van der Waals surface area contributed by atoms with Crippen LogP contribution in [0.3, 0.4) is 0 Å². The van der Waals surface area contributed by atoms with Gasteiger partial charge in [-0.3, -0.25) is 4.21 Å². The largest absolute Gasteiger partial charge is 0.337 e. The molecule has 1 unspecified atom stereocenters. The number of carbonyl (C=O) groups excluding carboxylic acids is 1. The van der Waals surface area contributed by atoms with Crippen molar-refractivity contribution >= 4 is 16.8 Å². The van der Waals surface area contributed by atoms with Gasteiger partial charge in [-0.15, -0.1) is 0 Å². The third-order valence-corrected chi connectivity index (χ3v) is 4.57. The fraction of sp³-hybridized carbons (Fsp3) is 0.176. The summed E-state index contributed by atoms with van der Waals surface area (Å²) in [6.45, 7) is 0.197. The fourth-order valence-electron chi connectivity index (χ4n) is 1.97. The Kier molecular flexibility index (Phi) is 6.46. The lowest BCUT2D eigenvalue weighted by Crippen LogP contribution is -2.37. The molecule has 2 aromatic rings. The van der Waals surface area contributed by atoms with Gasteiger partial charge in [0.2, 0.25) is 0 Å². The molecule has 24 heavy (non-hydrogen) atoms. The normalized spacial score (nSPS) is 11.3. The lowest BCUT2D eigenvalue weighted by Gasteiger charge is -2.08. The van der Waals surface area contributed by atoms with E-state index in [1.165, 1.54) is 18.2 Å². The summed E-state index contributed by atoms with van der Waals surface area (Å²) in [5.74, 6) is -0.199. The molecule has 2 amide bonds. The topological polar surface area (TPSA) is 82.0 Å². The zero-order chi connectivity index (χ0) is 17.4. The quantitative estimate of drug-likeness (QED) is 0.843. The first-order valence-corrected chi connectivity index (χ1v) is 8.55. The molecule has 2 aromatic carbocycles. The third kappa shape index (κ3) is 5.18. The molecule has 2 N–H and O–H groups in total. The van der Waals surface area contributed by atoms with Gasteiger partial charge in [-0.1, -0.05) is 18.2 Å². The Balaban J connectivity index is 1.76. The molecule has 0 aromatic heterocycles. The molecule has 0 spiro atoms. The first-order chi connectivity index (χ1) is 11.6. The number of hydrogen-bond acceptors (Lipinski definition) is 3. The summed E-state index contributed by atoms with van der Waals surface area (Å²) >= 11 is 0. The number of rotatable bonds is 6. The molecule has 124 valence electrons. The predicted molar refractivity (Wildman–Crippen MR) is 89.1 cm³/mol. The molecule has 7 heteroatoms. The van der Waals surface area contributed by atoms with E-state index in [1.807, 2.05) is 12.1 Å². The van der Waals surface area contributed by atoms with E-state index in [1.54, 1.807) is 24.3 Å². The van der Waals surface area contributed by atoms with Crippen molar-refractivity contribution in [3.63, 3.8) is 0 Å². The van der Waals surface area contributed by atoms with Gasteiger partial charge in [-0.05, 0) is 30.3 Å². The number of nitrogens with one attached hydrogen (secondary N) is 2. The van der Waals surface area contributed by atoms with Crippen LogP contribution in [0.4, 0.5) is 9.18 Å². The van der Waals surface area contributed by atoms with E-state index in [0.29, 0.717) is 10.5 Å². The smallest absolute Gasteiger partial charge is 0.315 e. The molecule has 0 bridgehead atoms. The van der Waals surface area contributed by atoms with Gasteiger partial charge in [-0.25, -0.2) is 9.18 Å². The molecule has 0 fully saturated rings. The van der Waals surface area contributed by atoms with Crippen LogP contribution in [0.25, 0.3) is 0 Å². The molecule has 2 rings (SSSR count). The fourth-order valence-corrected chi connectivity index (χ4v) is 2.95. The molecule has 0 saturated heterocycles. The van der Waals surface area contributed by atoms with Crippen LogP contribution in [0.15, 0.2) is 53.4 Å². The van der Waals surface area contributed by atoms with E-state index < -0.39 is 22.6 Å². The maximum Gasteiger partial charge on any atom is 0.315 e. The number of halogens is 1. The Hall–Kier alpha value is -2.72. The van der Waals surface area contributed by atoms with Crippen LogP contribution in [0.1, 0.15) is 11.1 Å². The molecule has 1 atom stereocenters. The average Bonchev–Trinajstić information content (AvgIpc) is 2.61. The van der Waals surface area contributed by atoms with E-state index in [0.717, 1.165) is 0 Å². The van der Waals surface area contributed by atoms with Crippen LogP contribution >= 0.6 is 0 Å². The van der Waals surface area contributed by atoms with Crippen LogP contribution < -0.4 is 10.6 Å². The Labute approximate surface area is 142 Å². The Morgan fingerprint density at radius 3 is 2.62 bits per heavy atom. The van der Waals surface area contributed by atoms with Gasteiger partial charge < -0.3 is 10.6 Å². The maximum atomic E-state index is 13.6. The van der Waals surface area contributed by atoms with Gasteiger partial charge in [0.1, 0.15) is 5.82 Å². The monoisotopic (exact) mass is 345 g/mol. The van der Waals surface area contributed by atoms with Crippen LogP contribution in [0, 0.1) is 17.1 Å². The van der Waals surface area contributed by atoms with E-state index in [9.17, 15) is 13.4 Å². The molecule has 0 aliphatic carbocycles. The molecular weight excluding hydrogens is 329 g/mol. The maximum absolute atomic E-state index is 13.6. The highest BCUT2D eigenvalue weighted by atomic mass is 32.2. The number of amides is 2. The van der Waals surface area contributed by atoms with E-state index in [-0.39, 0.29) is 24.4 Å². The third-order valence-electron chi connectivity index (χ3n) is 3.19. The summed E-state index contributed by atoms with van der Waals surface area (Å²) in [4.78, 5) is 12.4. The number of urea groups is 1. The number of hydrogen-bond donors (Lipinski definition) is 2. The van der Waals surface area contributed by atoms with Gasteiger partial charge in [0.15, 0.2) is 0 Å². The van der Waals surface area contributed by atoms with Crippen molar-refractivity contribution in [1.29, 1.82) is 5.26 Å². The first kappa shape index (κ1) is 17.6. The van der Waals surface area contributed by atoms with Crippen LogP contribution in [0.5, 0.6) is 0 Å². The minimum Gasteiger partial charge on any atom is -0.337 e. The number of nitrogens with zero attached hydrogens (tertiary/aromatic N) is 1. The van der Waals surface area contributed by atoms with E-state index in [2.05, 4.69) is 10.6 Å². The van der Waals surface area contributed by atoms with Crippen molar-refractivity contribution in [2.75, 3.05) is 12.3 Å². The van der Waals surface area contributed by atoms with Crippen molar-refractivity contribution in [2.45, 2.75) is 11.4 Å². The lowest BCUT2D eigenvalue weighted by molar-refractivity contribution is 0.241. The average molecular weight is 345 g/mol. The molecule has 0 saturated carbocycles. The second kappa shape index (κ2) is 8.79. The van der Waals surface area contributed by atoms with Crippen molar-refractivity contribution in [1.82, 2.24) is 10.6 Å². The Bertz CT molecular complexity index is 775. The first-order valence-electron chi connectivity index (χ1n) is 7.24. The zero-order valence-corrected chi connectivity index (χ0v) is 13.6. The molecule has 0 aliphatic heterocycles. The Morgan fingerprint density at radius 2 is 1.92 bits per heavy atom. The highest BCUT2D eigenvalue weighted by Gasteiger charge is 2.07. The van der Waals surface area contributed by atoms with Crippen molar-refractivity contribution in [3.05, 3.63) is 65.5 Å². The minimum atomic E-state index is -1.19. The number of nitriles is 1. The van der Waals surface area contributed by atoms with E-state index >= 15 is 0 Å². The second-order valence-electron chi connectivity index (χ2n) is 4.89. The Morgan fingerprint density at radius 1 is 1.17 bits per heavy atom. The van der Waals surface area contributed by atoms with Crippen LogP contribution in [-0.4, -0.2) is 22.5 Å². The molecule has 0 radical (unpaired) electrons. The summed E-state index contributed by atoms with van der Waals surface area (Å²) in [6, 6.07) is 14.4. The predicted octanol–water partition coefficient (Wildman–Crippen LogP) is 2.30. The second-order valence-corrected chi connectivity index (χ2v) is 6.46. The van der Waals surface area contributed by atoms with Crippen molar-refractivity contribution in [3.8, 4) is 6.07 Å². The van der Waals surface area contributed by atoms with Gasteiger partial charge in [0, 0.05) is 29.3 Å². The van der Waals surface area contributed by atoms with E-state index in [4.69, 9.17) is 5.26 Å². The highest BCUT2D eigenvalue weighted by Crippen LogP contribution is 2.09. The van der Waals surface area contributed by atoms with Crippen molar-refractivity contribution < 1.29 is 13.4 Å². The molecule has 0 aliphatic rings. The molecule has 5 nitrogen and oxygen atoms in total. The summed E-state index contributed by atoms with van der Waals surface area (Å²) in [7, 11) is -1.19. The molecular formula is C17H16FN3O2S. The van der Waals surface area contributed by atoms with Gasteiger partial charge in [0.25, 0.3) is 0 Å². The van der Waals surface area contributed by atoms with Gasteiger partial charge in [0.05, 0.1) is 22.4 Å². The van der Waals surface area contributed by atoms with Crippen LogP contribution in [0.2, 0.25) is 0 Å². The van der Waals surface area contributed by atoms with Gasteiger partial charge in [-0.2, -0.15) is 5.26 Å². The van der Waals surface area contributed by atoms with Gasteiger partial charge >= 0.3 is 6.03 Å². The summed E-state index contributed by atoms with van der Waals surface area (Å²) in [5.41, 5.74) is 0.559. The molecule has 0 heterocycles. The summed E-state index contributed by atoms with van der Waals surface area (Å²) in [5, 5.41) is 13.9. The standard InChI is InChI=1S/C17H16FN3O2S/c18-16-7-6-13(11-19)10-14(16)12-21-17(22)20-8-9-24(23)15-4-2-1-3-5-15/h1-7,10H,8-9,12H2,(H2,20,21,22). The van der Waals surface area contributed by atoms with Crippen LogP contribution in [-0.2, 0) is 17.3 Å². The summed E-state index contributed by atoms with van der Waals surface area (Å²) < 4.78 is 25.6. The summed E-state index contributed by atoms with van der Waals surface area (Å²) in [6.07, 6.45) is 0. The minimum absolute atomic E-state index is 0.0328. The lowest BCUT2D eigenvalue weighted by atomic mass is 10.1. The number of benzene rings is 2. The number of carbonyl (C=O) groups is 1. The SMILES string of the molecule is N#Cc1ccc(F)c(CNC(=O)NCCS(=O)c2ccccc2)c1. The highest BCUT2D eigenvalue weighted by molar-refractivity contribution is 7.85.